The van der Waals surface area contributed by atoms with Gasteiger partial charge in [0.05, 0.1) is 23.7 Å². The minimum atomic E-state index is -4.75. The maximum atomic E-state index is 12.6. The average Bonchev–Trinajstić information content (AvgIpc) is 2.35. The fraction of sp³-hybridized carbons (Fsp3) is 0.333. The molecule has 0 bridgehead atoms. The molecule has 0 aromatic heterocycles. The third-order valence-corrected chi connectivity index (χ3v) is 2.70. The Morgan fingerprint density at radius 1 is 1.24 bits per heavy atom. The van der Waals surface area contributed by atoms with Crippen molar-refractivity contribution >= 4 is 11.9 Å². The Balaban J connectivity index is 3.29. The van der Waals surface area contributed by atoms with E-state index in [1.165, 1.54) is 0 Å². The fourth-order valence-electron chi connectivity index (χ4n) is 1.70. The number of aromatic carboxylic acids is 1. The van der Waals surface area contributed by atoms with Crippen LogP contribution in [0.1, 0.15) is 34.0 Å². The quantitative estimate of drug-likeness (QED) is 0.637. The molecule has 0 aliphatic carbocycles. The number of hydrogen-bond donors (Lipinski definition) is 4. The summed E-state index contributed by atoms with van der Waals surface area (Å²) in [5, 5.41) is 28.2. The van der Waals surface area contributed by atoms with Crippen LogP contribution in [0.4, 0.5) is 13.2 Å². The van der Waals surface area contributed by atoms with Gasteiger partial charge in [-0.2, -0.15) is 13.2 Å². The summed E-state index contributed by atoms with van der Waals surface area (Å²) in [6.45, 7) is 0. The summed E-state index contributed by atoms with van der Waals surface area (Å²) < 4.78 is 37.8. The molecule has 0 heterocycles. The average molecular weight is 307 g/mol. The predicted molar refractivity (Wildman–Crippen MR) is 63.2 cm³/mol. The van der Waals surface area contributed by atoms with Crippen LogP contribution in [0.2, 0.25) is 0 Å². The van der Waals surface area contributed by atoms with Gasteiger partial charge in [0.25, 0.3) is 0 Å². The number of halogens is 3. The van der Waals surface area contributed by atoms with Gasteiger partial charge in [-0.15, -0.1) is 0 Å². The molecule has 21 heavy (non-hydrogen) atoms. The van der Waals surface area contributed by atoms with E-state index in [1.54, 1.807) is 0 Å². The third-order valence-electron chi connectivity index (χ3n) is 2.70. The Labute approximate surface area is 116 Å². The SMILES string of the molecule is NC(=O)CC(O)C(O)c1cc(C(F)(F)F)ccc1C(=O)O. The topological polar surface area (TPSA) is 121 Å². The first-order chi connectivity index (χ1) is 9.54. The number of aliphatic hydroxyl groups excluding tert-OH is 2. The number of alkyl halides is 3. The molecule has 6 nitrogen and oxygen atoms in total. The van der Waals surface area contributed by atoms with Crippen molar-refractivity contribution in [2.24, 2.45) is 5.73 Å². The molecule has 1 aromatic rings. The number of nitrogens with two attached hydrogens (primary N) is 1. The van der Waals surface area contributed by atoms with E-state index in [-0.39, 0.29) is 0 Å². The van der Waals surface area contributed by atoms with Gasteiger partial charge in [0.1, 0.15) is 6.10 Å². The highest BCUT2D eigenvalue weighted by Gasteiger charge is 2.33. The van der Waals surface area contributed by atoms with Gasteiger partial charge in [-0.25, -0.2) is 4.79 Å². The minimum Gasteiger partial charge on any atom is -0.478 e. The zero-order valence-corrected chi connectivity index (χ0v) is 10.5. The molecule has 2 atom stereocenters. The first-order valence-corrected chi connectivity index (χ1v) is 5.63. The number of carbonyl (C=O) groups is 2. The highest BCUT2D eigenvalue weighted by Crippen LogP contribution is 2.33. The molecule has 9 heteroatoms. The van der Waals surface area contributed by atoms with E-state index in [2.05, 4.69) is 0 Å². The van der Waals surface area contributed by atoms with Crippen LogP contribution < -0.4 is 5.73 Å². The molecule has 5 N–H and O–H groups in total. The Morgan fingerprint density at radius 2 is 1.81 bits per heavy atom. The molecule has 116 valence electrons. The van der Waals surface area contributed by atoms with Crippen LogP contribution in [0, 0.1) is 0 Å². The second-order valence-electron chi connectivity index (χ2n) is 4.29. The molecule has 0 aliphatic heterocycles. The standard InChI is InChI=1S/C12H12F3NO5/c13-12(14,15)5-1-2-6(11(20)21)7(3-5)10(19)8(17)4-9(16)18/h1-3,8,10,17,19H,4H2,(H2,16,18)(H,20,21). The molecule has 1 aromatic carbocycles. The number of aliphatic hydroxyl groups is 2. The summed E-state index contributed by atoms with van der Waals surface area (Å²) in [6.07, 6.45) is -9.29. The van der Waals surface area contributed by atoms with Crippen molar-refractivity contribution in [1.82, 2.24) is 0 Å². The molecule has 0 fully saturated rings. The maximum Gasteiger partial charge on any atom is 0.416 e. The van der Waals surface area contributed by atoms with Gasteiger partial charge >= 0.3 is 12.1 Å². The number of carboxylic acids is 1. The van der Waals surface area contributed by atoms with Gasteiger partial charge in [-0.3, -0.25) is 4.79 Å². The largest absolute Gasteiger partial charge is 0.478 e. The second-order valence-corrected chi connectivity index (χ2v) is 4.29. The molecule has 2 unspecified atom stereocenters. The minimum absolute atomic E-state index is 0.415. The van der Waals surface area contributed by atoms with E-state index >= 15 is 0 Å². The second kappa shape index (κ2) is 6.10. The monoisotopic (exact) mass is 307 g/mol. The van der Waals surface area contributed by atoms with Crippen molar-refractivity contribution in [3.05, 3.63) is 34.9 Å². The molecule has 1 amide bonds. The lowest BCUT2D eigenvalue weighted by Gasteiger charge is -2.20. The number of rotatable bonds is 5. The first-order valence-electron chi connectivity index (χ1n) is 5.63. The van der Waals surface area contributed by atoms with E-state index in [0.29, 0.717) is 18.2 Å². The van der Waals surface area contributed by atoms with E-state index < -0.39 is 53.4 Å². The molecule has 0 aliphatic rings. The van der Waals surface area contributed by atoms with Crippen molar-refractivity contribution in [2.75, 3.05) is 0 Å². The number of benzene rings is 1. The summed E-state index contributed by atoms with van der Waals surface area (Å²) in [5.41, 5.74) is 2.35. The zero-order chi connectivity index (χ0) is 16.4. The first kappa shape index (κ1) is 16.9. The summed E-state index contributed by atoms with van der Waals surface area (Å²) in [4.78, 5) is 21.6. The van der Waals surface area contributed by atoms with Crippen molar-refractivity contribution in [3.63, 3.8) is 0 Å². The van der Waals surface area contributed by atoms with Gasteiger partial charge in [-0.05, 0) is 23.8 Å². The number of carboxylic acid groups (broad SMARTS) is 1. The lowest BCUT2D eigenvalue weighted by molar-refractivity contribution is -0.137. The van der Waals surface area contributed by atoms with E-state index in [9.17, 15) is 33.0 Å². The lowest BCUT2D eigenvalue weighted by Crippen LogP contribution is -2.27. The molecule has 0 saturated heterocycles. The van der Waals surface area contributed by atoms with E-state index in [0.717, 1.165) is 0 Å². The predicted octanol–water partition coefficient (Wildman–Crippen LogP) is 0.673. The Morgan fingerprint density at radius 3 is 2.24 bits per heavy atom. The van der Waals surface area contributed by atoms with E-state index in [1.807, 2.05) is 0 Å². The normalized spacial score (nSPS) is 14.5. The van der Waals surface area contributed by atoms with Crippen LogP contribution in [-0.4, -0.2) is 33.3 Å². The molecule has 0 spiro atoms. The highest BCUT2D eigenvalue weighted by atomic mass is 19.4. The number of carbonyl (C=O) groups excluding carboxylic acids is 1. The fourth-order valence-corrected chi connectivity index (χ4v) is 1.70. The van der Waals surface area contributed by atoms with Crippen LogP contribution in [0.15, 0.2) is 18.2 Å². The third kappa shape index (κ3) is 4.17. The van der Waals surface area contributed by atoms with Gasteiger partial charge in [0.15, 0.2) is 0 Å². The number of amides is 1. The maximum absolute atomic E-state index is 12.6. The van der Waals surface area contributed by atoms with Gasteiger partial charge in [-0.1, -0.05) is 0 Å². The van der Waals surface area contributed by atoms with Crippen molar-refractivity contribution < 1.29 is 38.1 Å². The smallest absolute Gasteiger partial charge is 0.416 e. The summed E-state index contributed by atoms with van der Waals surface area (Å²) in [7, 11) is 0. The Kier molecular flexibility index (Phi) is 4.92. The van der Waals surface area contributed by atoms with E-state index in [4.69, 9.17) is 10.8 Å². The summed E-state index contributed by atoms with van der Waals surface area (Å²) >= 11 is 0. The molecule has 0 radical (unpaired) electrons. The van der Waals surface area contributed by atoms with Crippen molar-refractivity contribution in [2.45, 2.75) is 24.8 Å². The summed E-state index contributed by atoms with van der Waals surface area (Å²) in [6, 6.07) is 1.62. The van der Waals surface area contributed by atoms with Crippen LogP contribution in [0.5, 0.6) is 0 Å². The van der Waals surface area contributed by atoms with Crippen LogP contribution in [0.25, 0.3) is 0 Å². The van der Waals surface area contributed by atoms with Crippen molar-refractivity contribution in [3.8, 4) is 0 Å². The number of hydrogen-bond acceptors (Lipinski definition) is 4. The van der Waals surface area contributed by atoms with Gasteiger partial charge < -0.3 is 21.1 Å². The van der Waals surface area contributed by atoms with Gasteiger partial charge in [0.2, 0.25) is 5.91 Å². The van der Waals surface area contributed by atoms with Crippen LogP contribution >= 0.6 is 0 Å². The lowest BCUT2D eigenvalue weighted by atomic mass is 9.94. The molecular formula is C12H12F3NO5. The van der Waals surface area contributed by atoms with Crippen LogP contribution in [-0.2, 0) is 11.0 Å². The molecule has 0 saturated carbocycles. The zero-order valence-electron chi connectivity index (χ0n) is 10.5. The highest BCUT2D eigenvalue weighted by molar-refractivity contribution is 5.89. The Hall–Kier alpha value is -2.13. The molecule has 1 rings (SSSR count). The van der Waals surface area contributed by atoms with Crippen LogP contribution in [0.3, 0.4) is 0 Å². The Bertz CT molecular complexity index is 558. The summed E-state index contributed by atoms with van der Waals surface area (Å²) in [5.74, 6) is -2.57. The number of primary amides is 1. The van der Waals surface area contributed by atoms with Crippen molar-refractivity contribution in [1.29, 1.82) is 0 Å². The molecular weight excluding hydrogens is 295 g/mol. The van der Waals surface area contributed by atoms with Gasteiger partial charge in [0, 0.05) is 0 Å².